The molecule has 120 valence electrons. The Balaban J connectivity index is 1.96. The van der Waals surface area contributed by atoms with Crippen molar-refractivity contribution < 1.29 is 0 Å². The van der Waals surface area contributed by atoms with Gasteiger partial charge in [-0.2, -0.15) is 0 Å². The second kappa shape index (κ2) is 6.35. The molecule has 3 aromatic rings. The minimum absolute atomic E-state index is 0.856. The highest BCUT2D eigenvalue weighted by Crippen LogP contribution is 2.37. The predicted molar refractivity (Wildman–Crippen MR) is 94.7 cm³/mol. The Kier molecular flexibility index (Phi) is 3.91. The summed E-state index contributed by atoms with van der Waals surface area (Å²) >= 11 is 0. The van der Waals surface area contributed by atoms with Crippen LogP contribution in [-0.4, -0.2) is 33.8 Å². The molecule has 1 aliphatic rings. The first-order chi connectivity index (χ1) is 11.8. The second-order valence-electron chi connectivity index (χ2n) is 6.03. The molecule has 0 saturated carbocycles. The average molecular weight is 317 g/mol. The molecule has 0 spiro atoms. The molecule has 4 rings (SSSR count). The van der Waals surface area contributed by atoms with Gasteiger partial charge in [0.15, 0.2) is 0 Å². The van der Waals surface area contributed by atoms with Crippen LogP contribution in [0.25, 0.3) is 22.8 Å². The lowest BCUT2D eigenvalue weighted by Crippen LogP contribution is -2.20. The number of anilines is 1. The van der Waals surface area contributed by atoms with Crippen LogP contribution >= 0.6 is 0 Å². The fourth-order valence-corrected chi connectivity index (χ4v) is 3.26. The van der Waals surface area contributed by atoms with Crippen LogP contribution in [0, 0.1) is 0 Å². The van der Waals surface area contributed by atoms with E-state index in [9.17, 15) is 0 Å². The van der Waals surface area contributed by atoms with Gasteiger partial charge in [0.1, 0.15) is 11.4 Å². The number of pyridine rings is 2. The Labute approximate surface area is 141 Å². The third-order valence-corrected chi connectivity index (χ3v) is 4.41. The van der Waals surface area contributed by atoms with Gasteiger partial charge in [0.25, 0.3) is 0 Å². The van der Waals surface area contributed by atoms with Crippen LogP contribution in [0.4, 0.5) is 5.69 Å². The molecule has 0 unspecified atom stereocenters. The van der Waals surface area contributed by atoms with Crippen LogP contribution in [0.2, 0.25) is 0 Å². The number of hydrogen-bond acceptors (Lipinski definition) is 5. The van der Waals surface area contributed by atoms with Crippen LogP contribution in [0.3, 0.4) is 0 Å². The first-order valence-corrected chi connectivity index (χ1v) is 8.28. The summed E-state index contributed by atoms with van der Waals surface area (Å²) in [6.07, 6.45) is 6.89. The molecule has 1 aliphatic heterocycles. The summed E-state index contributed by atoms with van der Waals surface area (Å²) in [7, 11) is 2.13. The smallest absolute Gasteiger partial charge is 0.135 e. The molecule has 0 aromatic carbocycles. The quantitative estimate of drug-likeness (QED) is 0.725. The average Bonchev–Trinajstić information content (AvgIpc) is 2.85. The van der Waals surface area contributed by atoms with Crippen molar-refractivity contribution in [2.24, 2.45) is 0 Å². The van der Waals surface area contributed by atoms with Crippen molar-refractivity contribution in [1.82, 2.24) is 20.2 Å². The van der Waals surface area contributed by atoms with Crippen molar-refractivity contribution in [3.63, 3.8) is 0 Å². The highest BCUT2D eigenvalue weighted by Gasteiger charge is 2.24. The molecule has 0 aliphatic carbocycles. The normalized spacial score (nSPS) is 14.1. The van der Waals surface area contributed by atoms with Crippen molar-refractivity contribution in [3.05, 3.63) is 54.4 Å². The van der Waals surface area contributed by atoms with Crippen molar-refractivity contribution >= 4 is 5.69 Å². The Morgan fingerprint density at radius 1 is 0.833 bits per heavy atom. The third kappa shape index (κ3) is 2.62. The van der Waals surface area contributed by atoms with Gasteiger partial charge in [0.05, 0.1) is 17.1 Å². The molecule has 24 heavy (non-hydrogen) atoms. The lowest BCUT2D eigenvalue weighted by molar-refractivity contribution is 0.750. The maximum Gasteiger partial charge on any atom is 0.135 e. The van der Waals surface area contributed by atoms with Crippen molar-refractivity contribution in [2.45, 2.75) is 19.3 Å². The summed E-state index contributed by atoms with van der Waals surface area (Å²) in [5.74, 6) is 0. The van der Waals surface area contributed by atoms with Crippen molar-refractivity contribution in [3.8, 4) is 22.8 Å². The number of hydrogen-bond donors (Lipinski definition) is 0. The first-order valence-electron chi connectivity index (χ1n) is 8.28. The van der Waals surface area contributed by atoms with Gasteiger partial charge < -0.3 is 4.90 Å². The predicted octanol–water partition coefficient (Wildman–Crippen LogP) is 3.37. The van der Waals surface area contributed by atoms with Crippen LogP contribution in [-0.2, 0) is 6.42 Å². The molecule has 0 N–H and O–H groups in total. The molecule has 5 heteroatoms. The van der Waals surface area contributed by atoms with E-state index >= 15 is 0 Å². The summed E-state index contributed by atoms with van der Waals surface area (Å²) in [6.45, 7) is 1.01. The van der Waals surface area contributed by atoms with E-state index in [4.69, 9.17) is 0 Å². The standard InChI is InChI=1S/C19H19N5/c1-24-13-7-4-8-14-17(15-9-2-5-11-20-15)22-23-18(19(14)24)16-10-3-6-12-21-16/h2-3,5-6,9-12H,4,7-8,13H2,1H3. The van der Waals surface area contributed by atoms with Crippen LogP contribution < -0.4 is 4.90 Å². The Bertz CT molecular complexity index is 833. The monoisotopic (exact) mass is 317 g/mol. The Morgan fingerprint density at radius 3 is 2.17 bits per heavy atom. The minimum Gasteiger partial charge on any atom is -0.372 e. The van der Waals surface area contributed by atoms with Crippen LogP contribution in [0.5, 0.6) is 0 Å². The Morgan fingerprint density at radius 2 is 1.50 bits per heavy atom. The van der Waals surface area contributed by atoms with E-state index in [0.717, 1.165) is 54.3 Å². The van der Waals surface area contributed by atoms with E-state index in [2.05, 4.69) is 32.1 Å². The summed E-state index contributed by atoms with van der Waals surface area (Å²) in [5, 5.41) is 9.07. The van der Waals surface area contributed by atoms with Gasteiger partial charge in [0, 0.05) is 31.5 Å². The number of nitrogens with zero attached hydrogens (tertiary/aromatic N) is 5. The highest BCUT2D eigenvalue weighted by atomic mass is 15.2. The highest BCUT2D eigenvalue weighted by molar-refractivity contribution is 5.80. The zero-order valence-electron chi connectivity index (χ0n) is 13.7. The number of aromatic nitrogens is 4. The molecule has 0 saturated heterocycles. The number of fused-ring (bicyclic) bond motifs is 1. The van der Waals surface area contributed by atoms with E-state index in [0.29, 0.717) is 0 Å². The van der Waals surface area contributed by atoms with E-state index in [1.807, 2.05) is 36.4 Å². The molecular formula is C19H19N5. The zero-order chi connectivity index (χ0) is 16.4. The fraction of sp³-hybridized carbons (Fsp3) is 0.263. The summed E-state index contributed by atoms with van der Waals surface area (Å²) < 4.78 is 0. The lowest BCUT2D eigenvalue weighted by atomic mass is 10.0. The largest absolute Gasteiger partial charge is 0.372 e. The molecule has 0 fully saturated rings. The fourth-order valence-electron chi connectivity index (χ4n) is 3.26. The van der Waals surface area contributed by atoms with Gasteiger partial charge in [-0.05, 0) is 43.5 Å². The summed E-state index contributed by atoms with van der Waals surface area (Å²) in [6, 6.07) is 11.8. The molecule has 0 radical (unpaired) electrons. The van der Waals surface area contributed by atoms with Gasteiger partial charge in [-0.1, -0.05) is 12.1 Å². The van der Waals surface area contributed by atoms with Gasteiger partial charge in [0.2, 0.25) is 0 Å². The van der Waals surface area contributed by atoms with Gasteiger partial charge >= 0.3 is 0 Å². The molecular weight excluding hydrogens is 298 g/mol. The van der Waals surface area contributed by atoms with Crippen molar-refractivity contribution in [1.29, 1.82) is 0 Å². The van der Waals surface area contributed by atoms with Gasteiger partial charge in [-0.15, -0.1) is 10.2 Å². The van der Waals surface area contributed by atoms with Crippen molar-refractivity contribution in [2.75, 3.05) is 18.5 Å². The number of rotatable bonds is 2. The maximum absolute atomic E-state index is 4.54. The zero-order valence-corrected chi connectivity index (χ0v) is 13.7. The van der Waals surface area contributed by atoms with E-state index in [1.165, 1.54) is 5.56 Å². The topological polar surface area (TPSA) is 54.8 Å². The summed E-state index contributed by atoms with van der Waals surface area (Å²) in [4.78, 5) is 11.2. The maximum atomic E-state index is 4.54. The van der Waals surface area contributed by atoms with Crippen LogP contribution in [0.1, 0.15) is 18.4 Å². The molecule has 0 atom stereocenters. The van der Waals surface area contributed by atoms with Crippen LogP contribution in [0.15, 0.2) is 48.8 Å². The molecule has 0 amide bonds. The molecule has 4 heterocycles. The van der Waals surface area contributed by atoms with Gasteiger partial charge in [-0.3, -0.25) is 9.97 Å². The van der Waals surface area contributed by atoms with E-state index in [-0.39, 0.29) is 0 Å². The molecule has 0 bridgehead atoms. The SMILES string of the molecule is CN1CCCCc2c(-c3ccccn3)nnc(-c3ccccn3)c21. The first kappa shape index (κ1) is 14.8. The second-order valence-corrected chi connectivity index (χ2v) is 6.03. The summed E-state index contributed by atoms with van der Waals surface area (Å²) in [5.41, 5.74) is 5.85. The third-order valence-electron chi connectivity index (χ3n) is 4.41. The van der Waals surface area contributed by atoms with E-state index < -0.39 is 0 Å². The lowest BCUT2D eigenvalue weighted by Gasteiger charge is -2.22. The molecule has 3 aromatic heterocycles. The van der Waals surface area contributed by atoms with Gasteiger partial charge in [-0.25, -0.2) is 0 Å². The molecule has 5 nitrogen and oxygen atoms in total. The minimum atomic E-state index is 0.856. The Hall–Kier alpha value is -2.82. The van der Waals surface area contributed by atoms with E-state index in [1.54, 1.807) is 12.4 Å².